The minimum Gasteiger partial charge on any atom is -0.396 e. The van der Waals surface area contributed by atoms with Crippen LogP contribution >= 0.6 is 0 Å². The molecule has 4 nitrogen and oxygen atoms in total. The Hall–Kier alpha value is -0.130. The molecule has 0 spiro atoms. The molecule has 1 rings (SSSR count). The highest BCUT2D eigenvalue weighted by molar-refractivity contribution is 7.91. The van der Waals surface area contributed by atoms with Crippen molar-refractivity contribution < 1.29 is 13.5 Å². The van der Waals surface area contributed by atoms with Crippen molar-refractivity contribution in [1.82, 2.24) is 4.90 Å². The molecule has 0 radical (unpaired) electrons. The Balaban J connectivity index is 2.42. The van der Waals surface area contributed by atoms with Gasteiger partial charge in [-0.05, 0) is 32.2 Å². The van der Waals surface area contributed by atoms with Crippen LogP contribution in [0.3, 0.4) is 0 Å². The van der Waals surface area contributed by atoms with Crippen molar-refractivity contribution in [2.24, 2.45) is 0 Å². The maximum Gasteiger partial charge on any atom is 0.151 e. The van der Waals surface area contributed by atoms with E-state index in [1.165, 1.54) is 6.42 Å². The molecule has 0 aromatic rings. The molecular formula is C12H25NO3S. The predicted molar refractivity (Wildman–Crippen MR) is 69.9 cm³/mol. The van der Waals surface area contributed by atoms with E-state index in [0.29, 0.717) is 24.8 Å². The van der Waals surface area contributed by atoms with Gasteiger partial charge in [-0.1, -0.05) is 13.3 Å². The zero-order valence-corrected chi connectivity index (χ0v) is 11.6. The molecule has 17 heavy (non-hydrogen) atoms. The topological polar surface area (TPSA) is 57.6 Å². The molecule has 0 aliphatic carbocycles. The molecule has 0 bridgehead atoms. The summed E-state index contributed by atoms with van der Waals surface area (Å²) in [5.41, 5.74) is 0. The summed E-state index contributed by atoms with van der Waals surface area (Å²) in [6, 6.07) is 0.380. The first kappa shape index (κ1) is 14.9. The van der Waals surface area contributed by atoms with Gasteiger partial charge in [-0.2, -0.15) is 0 Å². The summed E-state index contributed by atoms with van der Waals surface area (Å²) in [5.74, 6) is 0.564. The average Bonchev–Trinajstić information content (AvgIpc) is 2.28. The van der Waals surface area contributed by atoms with E-state index in [1.807, 2.05) is 6.92 Å². The van der Waals surface area contributed by atoms with Crippen molar-refractivity contribution in [1.29, 1.82) is 0 Å². The monoisotopic (exact) mass is 263 g/mol. The standard InChI is InChI=1S/C12H25NO3S/c1-2-10-17(15,16)11-8-13-7-4-3-5-12(13)6-9-14/h12,14H,2-11H2,1H3. The van der Waals surface area contributed by atoms with E-state index in [-0.39, 0.29) is 12.4 Å². The molecule has 1 N–H and O–H groups in total. The van der Waals surface area contributed by atoms with Crippen LogP contribution in [0, 0.1) is 0 Å². The number of hydrogen-bond donors (Lipinski definition) is 1. The quantitative estimate of drug-likeness (QED) is 0.746. The largest absolute Gasteiger partial charge is 0.396 e. The summed E-state index contributed by atoms with van der Waals surface area (Å²) in [7, 11) is -2.87. The van der Waals surface area contributed by atoms with Gasteiger partial charge in [0.1, 0.15) is 0 Å². The van der Waals surface area contributed by atoms with Crippen LogP contribution in [0.1, 0.15) is 39.0 Å². The molecular weight excluding hydrogens is 238 g/mol. The number of nitrogens with zero attached hydrogens (tertiary/aromatic N) is 1. The normalized spacial score (nSPS) is 22.8. The van der Waals surface area contributed by atoms with Crippen molar-refractivity contribution in [2.45, 2.75) is 45.1 Å². The van der Waals surface area contributed by atoms with Gasteiger partial charge in [0.2, 0.25) is 0 Å². The zero-order chi connectivity index (χ0) is 12.7. The Bertz CT molecular complexity index is 301. The van der Waals surface area contributed by atoms with Crippen LogP contribution in [0.25, 0.3) is 0 Å². The zero-order valence-electron chi connectivity index (χ0n) is 10.8. The van der Waals surface area contributed by atoms with Crippen LogP contribution in [0.5, 0.6) is 0 Å². The maximum atomic E-state index is 11.7. The molecule has 1 aliphatic heterocycles. The molecule has 1 fully saturated rings. The fourth-order valence-electron chi connectivity index (χ4n) is 2.50. The molecule has 102 valence electrons. The summed E-state index contributed by atoms with van der Waals surface area (Å²) in [5, 5.41) is 9.00. The van der Waals surface area contributed by atoms with Gasteiger partial charge in [0.15, 0.2) is 9.84 Å². The Labute approximate surface area is 105 Å². The number of piperidine rings is 1. The van der Waals surface area contributed by atoms with Gasteiger partial charge in [-0.15, -0.1) is 0 Å². The second-order valence-electron chi connectivity index (χ2n) is 4.85. The van der Waals surface area contributed by atoms with E-state index in [2.05, 4.69) is 4.90 Å². The van der Waals surface area contributed by atoms with Gasteiger partial charge >= 0.3 is 0 Å². The summed E-state index contributed by atoms with van der Waals surface area (Å²) in [6.07, 6.45) is 4.91. The van der Waals surface area contributed by atoms with Crippen molar-refractivity contribution >= 4 is 9.84 Å². The van der Waals surface area contributed by atoms with E-state index in [9.17, 15) is 8.42 Å². The molecule has 0 aromatic carbocycles. The van der Waals surface area contributed by atoms with Crippen LogP contribution in [0.4, 0.5) is 0 Å². The highest BCUT2D eigenvalue weighted by Crippen LogP contribution is 2.19. The van der Waals surface area contributed by atoms with Gasteiger partial charge in [-0.3, -0.25) is 4.90 Å². The number of rotatable bonds is 7. The van der Waals surface area contributed by atoms with Crippen molar-refractivity contribution in [3.05, 3.63) is 0 Å². The van der Waals surface area contributed by atoms with Gasteiger partial charge < -0.3 is 5.11 Å². The number of aliphatic hydroxyl groups excluding tert-OH is 1. The third-order valence-corrected chi connectivity index (χ3v) is 5.25. The number of sulfone groups is 1. The highest BCUT2D eigenvalue weighted by Gasteiger charge is 2.23. The van der Waals surface area contributed by atoms with E-state index in [0.717, 1.165) is 25.8 Å². The van der Waals surface area contributed by atoms with Crippen molar-refractivity contribution in [2.75, 3.05) is 31.2 Å². The first-order valence-electron chi connectivity index (χ1n) is 6.64. The van der Waals surface area contributed by atoms with Crippen molar-refractivity contribution in [3.8, 4) is 0 Å². The Kier molecular flexibility index (Phi) is 6.44. The molecule has 0 amide bonds. The molecule has 0 aromatic heterocycles. The molecule has 1 saturated heterocycles. The number of likely N-dealkylation sites (tertiary alicyclic amines) is 1. The number of hydrogen-bond acceptors (Lipinski definition) is 4. The SMILES string of the molecule is CCCS(=O)(=O)CCN1CCCCC1CCO. The molecule has 1 unspecified atom stereocenters. The molecule has 1 aliphatic rings. The van der Waals surface area contributed by atoms with Gasteiger partial charge in [0.05, 0.1) is 5.75 Å². The summed E-state index contributed by atoms with van der Waals surface area (Å²) >= 11 is 0. The van der Waals surface area contributed by atoms with E-state index in [1.54, 1.807) is 0 Å². The average molecular weight is 263 g/mol. The minimum atomic E-state index is -2.87. The summed E-state index contributed by atoms with van der Waals surface area (Å²) in [6.45, 7) is 3.70. The van der Waals surface area contributed by atoms with E-state index >= 15 is 0 Å². The van der Waals surface area contributed by atoms with Crippen LogP contribution in [0.2, 0.25) is 0 Å². The third-order valence-electron chi connectivity index (χ3n) is 3.42. The predicted octanol–water partition coefficient (Wildman–Crippen LogP) is 1.05. The fraction of sp³-hybridized carbons (Fsp3) is 1.00. The molecule has 0 saturated carbocycles. The summed E-state index contributed by atoms with van der Waals surface area (Å²) < 4.78 is 23.3. The molecule has 5 heteroatoms. The van der Waals surface area contributed by atoms with Crippen LogP contribution in [0.15, 0.2) is 0 Å². The molecule has 1 atom stereocenters. The number of aliphatic hydroxyl groups is 1. The Morgan fingerprint density at radius 3 is 2.71 bits per heavy atom. The minimum absolute atomic E-state index is 0.197. The van der Waals surface area contributed by atoms with Gasteiger partial charge in [-0.25, -0.2) is 8.42 Å². The van der Waals surface area contributed by atoms with Crippen LogP contribution in [-0.2, 0) is 9.84 Å². The highest BCUT2D eigenvalue weighted by atomic mass is 32.2. The lowest BCUT2D eigenvalue weighted by molar-refractivity contribution is 0.126. The van der Waals surface area contributed by atoms with Gasteiger partial charge in [0, 0.05) is 24.9 Å². The third kappa shape index (κ3) is 5.36. The maximum absolute atomic E-state index is 11.7. The molecule has 1 heterocycles. The Morgan fingerprint density at radius 1 is 1.29 bits per heavy atom. The second kappa shape index (κ2) is 7.34. The van der Waals surface area contributed by atoms with E-state index in [4.69, 9.17) is 5.11 Å². The Morgan fingerprint density at radius 2 is 2.06 bits per heavy atom. The second-order valence-corrected chi connectivity index (χ2v) is 7.15. The van der Waals surface area contributed by atoms with Gasteiger partial charge in [0.25, 0.3) is 0 Å². The first-order valence-corrected chi connectivity index (χ1v) is 8.46. The first-order chi connectivity index (χ1) is 8.09. The lowest BCUT2D eigenvalue weighted by Gasteiger charge is -2.35. The van der Waals surface area contributed by atoms with Crippen LogP contribution < -0.4 is 0 Å². The van der Waals surface area contributed by atoms with E-state index < -0.39 is 9.84 Å². The summed E-state index contributed by atoms with van der Waals surface area (Å²) in [4.78, 5) is 2.24. The van der Waals surface area contributed by atoms with Crippen molar-refractivity contribution in [3.63, 3.8) is 0 Å². The lowest BCUT2D eigenvalue weighted by Crippen LogP contribution is -2.42. The van der Waals surface area contributed by atoms with Crippen LogP contribution in [-0.4, -0.2) is 55.7 Å². The smallest absolute Gasteiger partial charge is 0.151 e. The fourth-order valence-corrected chi connectivity index (χ4v) is 3.84. The lowest BCUT2D eigenvalue weighted by atomic mass is 10.00.